The van der Waals surface area contributed by atoms with Crippen molar-refractivity contribution < 1.29 is 8.42 Å². The van der Waals surface area contributed by atoms with Crippen LogP contribution in [0.1, 0.15) is 27.7 Å². The van der Waals surface area contributed by atoms with E-state index in [9.17, 15) is 8.42 Å². The first kappa shape index (κ1) is 11.9. The Kier molecular flexibility index (Phi) is 3.55. The number of rotatable bonds is 2. The van der Waals surface area contributed by atoms with Crippen molar-refractivity contribution in [1.82, 2.24) is 9.62 Å². The second-order valence-corrected chi connectivity index (χ2v) is 6.67. The van der Waals surface area contributed by atoms with Gasteiger partial charge >= 0.3 is 0 Å². The lowest BCUT2D eigenvalue weighted by Crippen LogP contribution is -2.58. The fourth-order valence-corrected chi connectivity index (χ4v) is 3.50. The fraction of sp³-hybridized carbons (Fsp3) is 1.00. The average molecular weight is 220 g/mol. The number of hydrogen-bond donors (Lipinski definition) is 1. The molecule has 5 heteroatoms. The van der Waals surface area contributed by atoms with Crippen LogP contribution < -0.4 is 5.32 Å². The average Bonchev–Trinajstić information content (AvgIpc) is 2.02. The molecule has 1 aliphatic heterocycles. The molecule has 14 heavy (non-hydrogen) atoms. The summed E-state index contributed by atoms with van der Waals surface area (Å²) >= 11 is 0. The molecule has 0 aromatic heterocycles. The molecule has 84 valence electrons. The molecule has 0 aromatic rings. The van der Waals surface area contributed by atoms with Gasteiger partial charge < -0.3 is 5.32 Å². The highest BCUT2D eigenvalue weighted by Crippen LogP contribution is 2.18. The van der Waals surface area contributed by atoms with Gasteiger partial charge in [-0.15, -0.1) is 0 Å². The maximum absolute atomic E-state index is 12.0. The van der Waals surface area contributed by atoms with E-state index in [1.165, 1.54) is 0 Å². The van der Waals surface area contributed by atoms with Gasteiger partial charge in [-0.05, 0) is 27.7 Å². The van der Waals surface area contributed by atoms with Crippen LogP contribution in [-0.2, 0) is 10.0 Å². The van der Waals surface area contributed by atoms with Gasteiger partial charge in [0, 0.05) is 25.2 Å². The SMILES string of the molecule is CC1CNCC(C)N1S(=O)(=O)C(C)C. The first-order chi connectivity index (χ1) is 6.37. The summed E-state index contributed by atoms with van der Waals surface area (Å²) in [5.41, 5.74) is 0. The zero-order valence-electron chi connectivity index (χ0n) is 9.32. The molecule has 1 rings (SSSR count). The van der Waals surface area contributed by atoms with Gasteiger partial charge in [-0.25, -0.2) is 8.42 Å². The summed E-state index contributed by atoms with van der Waals surface area (Å²) in [4.78, 5) is 0. The van der Waals surface area contributed by atoms with Crippen LogP contribution in [0, 0.1) is 0 Å². The van der Waals surface area contributed by atoms with E-state index < -0.39 is 10.0 Å². The fourth-order valence-electron chi connectivity index (χ4n) is 1.86. The Morgan fingerprint density at radius 3 is 2.00 bits per heavy atom. The highest BCUT2D eigenvalue weighted by molar-refractivity contribution is 7.89. The van der Waals surface area contributed by atoms with Crippen molar-refractivity contribution in [3.05, 3.63) is 0 Å². The van der Waals surface area contributed by atoms with Gasteiger partial charge in [0.1, 0.15) is 0 Å². The normalized spacial score (nSPS) is 30.9. The molecule has 1 heterocycles. The first-order valence-electron chi connectivity index (χ1n) is 5.10. The van der Waals surface area contributed by atoms with E-state index in [1.807, 2.05) is 13.8 Å². The summed E-state index contributed by atoms with van der Waals surface area (Å²) in [7, 11) is -3.10. The molecule has 1 saturated heterocycles. The van der Waals surface area contributed by atoms with E-state index in [1.54, 1.807) is 18.2 Å². The molecule has 2 atom stereocenters. The smallest absolute Gasteiger partial charge is 0.217 e. The van der Waals surface area contributed by atoms with Crippen LogP contribution in [0.15, 0.2) is 0 Å². The largest absolute Gasteiger partial charge is 0.314 e. The van der Waals surface area contributed by atoms with Gasteiger partial charge in [0.25, 0.3) is 0 Å². The van der Waals surface area contributed by atoms with Crippen molar-refractivity contribution in [1.29, 1.82) is 0 Å². The molecule has 4 nitrogen and oxygen atoms in total. The van der Waals surface area contributed by atoms with Crippen LogP contribution in [0.5, 0.6) is 0 Å². The molecule has 2 unspecified atom stereocenters. The molecule has 0 radical (unpaired) electrons. The van der Waals surface area contributed by atoms with Crippen molar-refractivity contribution >= 4 is 10.0 Å². The molecule has 0 amide bonds. The standard InChI is InChI=1S/C9H20N2O2S/c1-7(2)14(12,13)11-8(3)5-10-6-9(11)4/h7-10H,5-6H2,1-4H3. The van der Waals surface area contributed by atoms with Crippen molar-refractivity contribution in [2.75, 3.05) is 13.1 Å². The minimum Gasteiger partial charge on any atom is -0.314 e. The van der Waals surface area contributed by atoms with E-state index in [4.69, 9.17) is 0 Å². The van der Waals surface area contributed by atoms with Crippen molar-refractivity contribution in [2.45, 2.75) is 45.0 Å². The number of sulfonamides is 1. The maximum atomic E-state index is 12.0. The topological polar surface area (TPSA) is 49.4 Å². The number of nitrogens with one attached hydrogen (secondary N) is 1. The third kappa shape index (κ3) is 2.10. The number of piperazine rings is 1. The van der Waals surface area contributed by atoms with E-state index in [0.717, 1.165) is 13.1 Å². The third-order valence-corrected chi connectivity index (χ3v) is 5.14. The van der Waals surface area contributed by atoms with E-state index in [-0.39, 0.29) is 17.3 Å². The summed E-state index contributed by atoms with van der Waals surface area (Å²) < 4.78 is 25.7. The molecular formula is C9H20N2O2S. The van der Waals surface area contributed by atoms with Crippen LogP contribution in [0.4, 0.5) is 0 Å². The molecule has 1 fully saturated rings. The van der Waals surface area contributed by atoms with Crippen LogP contribution in [-0.4, -0.2) is 43.1 Å². The Labute approximate surface area is 86.7 Å². The Hall–Kier alpha value is -0.130. The lowest BCUT2D eigenvalue weighted by Gasteiger charge is -2.39. The van der Waals surface area contributed by atoms with Crippen LogP contribution in [0.3, 0.4) is 0 Å². The van der Waals surface area contributed by atoms with Gasteiger partial charge in [-0.3, -0.25) is 0 Å². The number of hydrogen-bond acceptors (Lipinski definition) is 3. The van der Waals surface area contributed by atoms with E-state index >= 15 is 0 Å². The lowest BCUT2D eigenvalue weighted by atomic mass is 10.2. The van der Waals surface area contributed by atoms with Crippen LogP contribution in [0.2, 0.25) is 0 Å². The van der Waals surface area contributed by atoms with E-state index in [2.05, 4.69) is 5.32 Å². The Balaban J connectivity index is 2.93. The van der Waals surface area contributed by atoms with Crippen molar-refractivity contribution in [2.24, 2.45) is 0 Å². The van der Waals surface area contributed by atoms with Gasteiger partial charge in [-0.2, -0.15) is 4.31 Å². The number of nitrogens with zero attached hydrogens (tertiary/aromatic N) is 1. The summed E-state index contributed by atoms with van der Waals surface area (Å²) in [5.74, 6) is 0. The van der Waals surface area contributed by atoms with Crippen molar-refractivity contribution in [3.63, 3.8) is 0 Å². The molecule has 0 aliphatic carbocycles. The molecule has 0 saturated carbocycles. The van der Waals surface area contributed by atoms with Gasteiger partial charge in [-0.1, -0.05) is 0 Å². The molecule has 0 aromatic carbocycles. The van der Waals surface area contributed by atoms with E-state index in [0.29, 0.717) is 0 Å². The predicted molar refractivity (Wildman–Crippen MR) is 57.7 cm³/mol. The lowest BCUT2D eigenvalue weighted by molar-refractivity contribution is 0.218. The van der Waals surface area contributed by atoms with Gasteiger partial charge in [0.2, 0.25) is 10.0 Å². The van der Waals surface area contributed by atoms with Gasteiger partial charge in [0.05, 0.1) is 5.25 Å². The van der Waals surface area contributed by atoms with Crippen LogP contribution >= 0.6 is 0 Å². The summed E-state index contributed by atoms with van der Waals surface area (Å²) in [6.45, 7) is 8.85. The second-order valence-electron chi connectivity index (χ2n) is 4.28. The second kappa shape index (κ2) is 4.16. The quantitative estimate of drug-likeness (QED) is 0.733. The highest BCUT2D eigenvalue weighted by Gasteiger charge is 2.35. The zero-order valence-corrected chi connectivity index (χ0v) is 10.1. The Morgan fingerprint density at radius 1 is 1.21 bits per heavy atom. The summed E-state index contributed by atoms with van der Waals surface area (Å²) in [6.07, 6.45) is 0. The first-order valence-corrected chi connectivity index (χ1v) is 6.60. The van der Waals surface area contributed by atoms with Crippen molar-refractivity contribution in [3.8, 4) is 0 Å². The maximum Gasteiger partial charge on any atom is 0.217 e. The highest BCUT2D eigenvalue weighted by atomic mass is 32.2. The zero-order chi connectivity index (χ0) is 10.9. The Bertz CT molecular complexity index is 277. The summed E-state index contributed by atoms with van der Waals surface area (Å²) in [6, 6.07) is 0.122. The molecule has 0 bridgehead atoms. The molecular weight excluding hydrogens is 200 g/mol. The third-order valence-electron chi connectivity index (χ3n) is 2.64. The van der Waals surface area contributed by atoms with Crippen LogP contribution in [0.25, 0.3) is 0 Å². The monoisotopic (exact) mass is 220 g/mol. The Morgan fingerprint density at radius 2 is 1.64 bits per heavy atom. The summed E-state index contributed by atoms with van der Waals surface area (Å²) in [5, 5.41) is 2.89. The minimum absolute atomic E-state index is 0.0612. The van der Waals surface area contributed by atoms with Gasteiger partial charge in [0.15, 0.2) is 0 Å². The molecule has 0 spiro atoms. The molecule has 1 aliphatic rings. The molecule has 1 N–H and O–H groups in total. The predicted octanol–water partition coefficient (Wildman–Crippen LogP) is 0.407. The minimum atomic E-state index is -3.10.